The third-order valence-corrected chi connectivity index (χ3v) is 5.23. The number of nitrogens with one attached hydrogen (secondary N) is 3. The second-order valence-electron chi connectivity index (χ2n) is 7.98. The first-order valence-electron chi connectivity index (χ1n) is 9.26. The zero-order valence-electron chi connectivity index (χ0n) is 16.1. The summed E-state index contributed by atoms with van der Waals surface area (Å²) in [6.07, 6.45) is 2.77. The molecule has 1 atom stereocenters. The van der Waals surface area contributed by atoms with E-state index >= 15 is 0 Å². The normalized spacial score (nSPS) is 17.2. The summed E-state index contributed by atoms with van der Waals surface area (Å²) >= 11 is 12.2. The van der Waals surface area contributed by atoms with Crippen LogP contribution in [0.5, 0.6) is 0 Å². The minimum atomic E-state index is -0.130. The van der Waals surface area contributed by atoms with Crippen LogP contribution in [0.1, 0.15) is 33.2 Å². The zero-order chi connectivity index (χ0) is 19.9. The van der Waals surface area contributed by atoms with Gasteiger partial charge in [0.2, 0.25) is 11.9 Å². The number of hydrogen-bond donors (Lipinski definition) is 3. The van der Waals surface area contributed by atoms with Crippen molar-refractivity contribution >= 4 is 51.9 Å². The van der Waals surface area contributed by atoms with Crippen molar-refractivity contribution in [3.05, 3.63) is 34.4 Å². The molecule has 9 heteroatoms. The lowest BCUT2D eigenvalue weighted by atomic mass is 10.1. The number of halogens is 2. The van der Waals surface area contributed by atoms with Gasteiger partial charge in [-0.1, -0.05) is 23.2 Å². The molecular weight excluding hydrogens is 397 g/mol. The van der Waals surface area contributed by atoms with Crippen LogP contribution in [0.25, 0.3) is 11.2 Å². The Morgan fingerprint density at radius 3 is 2.68 bits per heavy atom. The van der Waals surface area contributed by atoms with E-state index in [1.54, 1.807) is 18.3 Å². The summed E-state index contributed by atoms with van der Waals surface area (Å²) in [6, 6.07) is 5.69. The number of rotatable bonds is 4. The van der Waals surface area contributed by atoms with Gasteiger partial charge in [-0.15, -0.1) is 0 Å². The molecule has 0 amide bonds. The maximum Gasteiger partial charge on any atom is 0.225 e. The fraction of sp³-hybridized carbons (Fsp3) is 0.421. The van der Waals surface area contributed by atoms with E-state index in [4.69, 9.17) is 33.2 Å². The number of hydrogen-bond acceptors (Lipinski definition) is 6. The second kappa shape index (κ2) is 7.39. The molecule has 3 aromatic rings. The van der Waals surface area contributed by atoms with Crippen LogP contribution in [0.15, 0.2) is 24.4 Å². The number of imidazole rings is 1. The summed E-state index contributed by atoms with van der Waals surface area (Å²) in [6.45, 7) is 8.07. The first kappa shape index (κ1) is 19.2. The molecule has 28 heavy (non-hydrogen) atoms. The number of nitrogens with zero attached hydrogens (tertiary/aromatic N) is 4. The Balaban J connectivity index is 1.78. The Bertz CT molecular complexity index is 1000. The molecule has 3 heterocycles. The number of anilines is 3. The van der Waals surface area contributed by atoms with Crippen LogP contribution in [-0.4, -0.2) is 38.1 Å². The number of aromatic nitrogens is 4. The van der Waals surface area contributed by atoms with Gasteiger partial charge in [0.1, 0.15) is 5.52 Å². The molecule has 4 rings (SSSR count). The lowest BCUT2D eigenvalue weighted by Gasteiger charge is -2.20. The van der Waals surface area contributed by atoms with Crippen molar-refractivity contribution in [3.63, 3.8) is 0 Å². The third-order valence-electron chi connectivity index (χ3n) is 4.49. The quantitative estimate of drug-likeness (QED) is 0.572. The van der Waals surface area contributed by atoms with Crippen LogP contribution >= 0.6 is 23.2 Å². The molecular formula is C19H23Cl2N7. The van der Waals surface area contributed by atoms with E-state index in [2.05, 4.69) is 46.3 Å². The SMILES string of the molecule is CC(C)(C)Nc1ncc2nc(Nc3ccc(Cl)c(Cl)c3)n(C3CCNC3)c2n1. The Labute approximate surface area is 173 Å². The molecule has 3 N–H and O–H groups in total. The summed E-state index contributed by atoms with van der Waals surface area (Å²) < 4.78 is 2.15. The van der Waals surface area contributed by atoms with Gasteiger partial charge >= 0.3 is 0 Å². The second-order valence-corrected chi connectivity index (χ2v) is 8.80. The molecule has 2 aromatic heterocycles. The van der Waals surface area contributed by atoms with E-state index in [0.29, 0.717) is 21.9 Å². The lowest BCUT2D eigenvalue weighted by molar-refractivity contribution is 0.564. The highest BCUT2D eigenvalue weighted by Gasteiger charge is 2.24. The Morgan fingerprint density at radius 1 is 1.18 bits per heavy atom. The van der Waals surface area contributed by atoms with Crippen molar-refractivity contribution in [2.24, 2.45) is 0 Å². The van der Waals surface area contributed by atoms with Crippen molar-refractivity contribution in [1.29, 1.82) is 0 Å². The van der Waals surface area contributed by atoms with Crippen LogP contribution in [0.4, 0.5) is 17.6 Å². The van der Waals surface area contributed by atoms with Crippen LogP contribution in [-0.2, 0) is 0 Å². The highest BCUT2D eigenvalue weighted by molar-refractivity contribution is 6.42. The molecule has 1 aromatic carbocycles. The van der Waals surface area contributed by atoms with Crippen LogP contribution in [0.3, 0.4) is 0 Å². The van der Waals surface area contributed by atoms with E-state index in [1.807, 2.05) is 6.07 Å². The standard InChI is InChI=1S/C19H23Cl2N7/c1-19(2,3)27-17-23-10-15-16(26-17)28(12-6-7-22-9-12)18(25-15)24-11-4-5-13(20)14(21)8-11/h4-5,8,10,12,22H,6-7,9H2,1-3H3,(H,24,25)(H,23,26,27). The van der Waals surface area contributed by atoms with Gasteiger partial charge in [0.25, 0.3) is 0 Å². The Hall–Kier alpha value is -2.09. The van der Waals surface area contributed by atoms with Gasteiger partial charge in [-0.05, 0) is 51.9 Å². The van der Waals surface area contributed by atoms with Gasteiger partial charge in [-0.3, -0.25) is 4.57 Å². The van der Waals surface area contributed by atoms with Gasteiger partial charge in [-0.25, -0.2) is 9.97 Å². The topological polar surface area (TPSA) is 79.7 Å². The minimum Gasteiger partial charge on any atom is -0.350 e. The van der Waals surface area contributed by atoms with E-state index in [9.17, 15) is 0 Å². The van der Waals surface area contributed by atoms with Gasteiger partial charge in [-0.2, -0.15) is 4.98 Å². The predicted molar refractivity (Wildman–Crippen MR) is 115 cm³/mol. The van der Waals surface area contributed by atoms with Crippen molar-refractivity contribution in [3.8, 4) is 0 Å². The van der Waals surface area contributed by atoms with Crippen LogP contribution in [0, 0.1) is 0 Å². The highest BCUT2D eigenvalue weighted by atomic mass is 35.5. The number of benzene rings is 1. The van der Waals surface area contributed by atoms with Gasteiger partial charge in [0.05, 0.1) is 22.3 Å². The molecule has 0 aliphatic carbocycles. The van der Waals surface area contributed by atoms with Gasteiger partial charge in [0.15, 0.2) is 5.65 Å². The predicted octanol–water partition coefficient (Wildman–Crippen LogP) is 4.62. The molecule has 1 unspecified atom stereocenters. The monoisotopic (exact) mass is 419 g/mol. The average Bonchev–Trinajstić information content (AvgIpc) is 3.23. The van der Waals surface area contributed by atoms with Crippen LogP contribution < -0.4 is 16.0 Å². The maximum absolute atomic E-state index is 6.17. The van der Waals surface area contributed by atoms with Crippen molar-refractivity contribution in [2.45, 2.75) is 38.8 Å². The molecule has 7 nitrogen and oxygen atoms in total. The lowest BCUT2D eigenvalue weighted by Crippen LogP contribution is -2.27. The number of fused-ring (bicyclic) bond motifs is 1. The summed E-state index contributed by atoms with van der Waals surface area (Å²) in [7, 11) is 0. The summed E-state index contributed by atoms with van der Waals surface area (Å²) in [5.74, 6) is 1.30. The first-order chi connectivity index (χ1) is 13.3. The Kier molecular flexibility index (Phi) is 5.07. The molecule has 0 saturated carbocycles. The molecule has 1 fully saturated rings. The third kappa shape index (κ3) is 4.01. The van der Waals surface area contributed by atoms with Crippen LogP contribution in [0.2, 0.25) is 10.0 Å². The van der Waals surface area contributed by atoms with Crippen molar-refractivity contribution in [2.75, 3.05) is 23.7 Å². The maximum atomic E-state index is 6.17. The fourth-order valence-corrected chi connectivity index (χ4v) is 3.58. The largest absolute Gasteiger partial charge is 0.350 e. The summed E-state index contributed by atoms with van der Waals surface area (Å²) in [5.41, 5.74) is 2.24. The summed E-state index contributed by atoms with van der Waals surface area (Å²) in [5, 5.41) is 11.1. The van der Waals surface area contributed by atoms with E-state index < -0.39 is 0 Å². The fourth-order valence-electron chi connectivity index (χ4n) is 3.28. The molecule has 1 aliphatic rings. The Morgan fingerprint density at radius 2 is 2.00 bits per heavy atom. The summed E-state index contributed by atoms with van der Waals surface area (Å²) in [4.78, 5) is 13.9. The molecule has 148 valence electrons. The van der Waals surface area contributed by atoms with E-state index in [0.717, 1.165) is 36.4 Å². The minimum absolute atomic E-state index is 0.130. The smallest absolute Gasteiger partial charge is 0.225 e. The first-order valence-corrected chi connectivity index (χ1v) is 10.0. The van der Waals surface area contributed by atoms with Gasteiger partial charge < -0.3 is 16.0 Å². The van der Waals surface area contributed by atoms with Gasteiger partial charge in [0, 0.05) is 17.8 Å². The van der Waals surface area contributed by atoms with E-state index in [-0.39, 0.29) is 11.6 Å². The van der Waals surface area contributed by atoms with Crippen molar-refractivity contribution in [1.82, 2.24) is 24.8 Å². The van der Waals surface area contributed by atoms with E-state index in [1.165, 1.54) is 0 Å². The molecule has 0 radical (unpaired) electrons. The molecule has 1 saturated heterocycles. The van der Waals surface area contributed by atoms with Crippen molar-refractivity contribution < 1.29 is 0 Å². The molecule has 0 bridgehead atoms. The average molecular weight is 420 g/mol. The molecule has 0 spiro atoms. The zero-order valence-corrected chi connectivity index (χ0v) is 17.6. The highest BCUT2D eigenvalue weighted by Crippen LogP contribution is 2.31. The molecule has 1 aliphatic heterocycles.